The van der Waals surface area contributed by atoms with Gasteiger partial charge in [0.1, 0.15) is 11.4 Å². The van der Waals surface area contributed by atoms with Gasteiger partial charge in [0.15, 0.2) is 0 Å². The summed E-state index contributed by atoms with van der Waals surface area (Å²) in [5.41, 5.74) is 4.19. The van der Waals surface area contributed by atoms with Crippen molar-refractivity contribution in [3.05, 3.63) is 53.3 Å². The fraction of sp³-hybridized carbons (Fsp3) is 0.176. The van der Waals surface area contributed by atoms with Crippen LogP contribution in [-0.4, -0.2) is 22.5 Å². The number of carbonyl (C=O) groups excluding carboxylic acids is 1. The molecule has 1 aliphatic heterocycles. The molecule has 0 radical (unpaired) electrons. The molecule has 22 heavy (non-hydrogen) atoms. The predicted octanol–water partition coefficient (Wildman–Crippen LogP) is 3.06. The van der Waals surface area contributed by atoms with Crippen LogP contribution >= 0.6 is 0 Å². The SMILES string of the molecule is Cc1cc2cc(NC(=O)c3cccc4c3OCC4)cnc2[nH]1. The smallest absolute Gasteiger partial charge is 0.259 e. The zero-order chi connectivity index (χ0) is 15.1. The molecule has 2 N–H and O–H groups in total. The fourth-order valence-corrected chi connectivity index (χ4v) is 2.81. The second kappa shape index (κ2) is 4.87. The molecule has 0 spiro atoms. The highest BCUT2D eigenvalue weighted by molar-refractivity contribution is 6.07. The molecular formula is C17H15N3O2. The number of fused-ring (bicyclic) bond motifs is 2. The maximum Gasteiger partial charge on any atom is 0.259 e. The molecule has 0 saturated heterocycles. The largest absolute Gasteiger partial charge is 0.492 e. The molecule has 3 heterocycles. The minimum Gasteiger partial charge on any atom is -0.492 e. The Kier molecular flexibility index (Phi) is 2.85. The number of ether oxygens (including phenoxy) is 1. The number of hydrogen-bond acceptors (Lipinski definition) is 3. The average molecular weight is 293 g/mol. The summed E-state index contributed by atoms with van der Waals surface area (Å²) in [6.07, 6.45) is 2.51. The highest BCUT2D eigenvalue weighted by atomic mass is 16.5. The Balaban J connectivity index is 1.64. The van der Waals surface area contributed by atoms with Gasteiger partial charge in [-0.25, -0.2) is 4.98 Å². The lowest BCUT2D eigenvalue weighted by Crippen LogP contribution is -2.13. The van der Waals surface area contributed by atoms with Crippen molar-refractivity contribution in [1.29, 1.82) is 0 Å². The van der Waals surface area contributed by atoms with Gasteiger partial charge in [-0.15, -0.1) is 0 Å². The van der Waals surface area contributed by atoms with Crippen LogP contribution in [-0.2, 0) is 6.42 Å². The quantitative estimate of drug-likeness (QED) is 0.763. The number of benzene rings is 1. The molecular weight excluding hydrogens is 278 g/mol. The van der Waals surface area contributed by atoms with Gasteiger partial charge in [-0.2, -0.15) is 0 Å². The Bertz CT molecular complexity index is 883. The summed E-state index contributed by atoms with van der Waals surface area (Å²) in [5.74, 6) is 0.527. The second-order valence-electron chi connectivity index (χ2n) is 5.46. The highest BCUT2D eigenvalue weighted by Gasteiger charge is 2.20. The van der Waals surface area contributed by atoms with Crippen molar-refractivity contribution in [2.75, 3.05) is 11.9 Å². The number of aromatic amines is 1. The summed E-state index contributed by atoms with van der Waals surface area (Å²) < 4.78 is 5.58. The van der Waals surface area contributed by atoms with Crippen LogP contribution in [0.15, 0.2) is 36.5 Å². The molecule has 0 saturated carbocycles. The van der Waals surface area contributed by atoms with E-state index in [9.17, 15) is 4.79 Å². The first kappa shape index (κ1) is 12.9. The van der Waals surface area contributed by atoms with E-state index in [-0.39, 0.29) is 5.91 Å². The van der Waals surface area contributed by atoms with Crippen molar-refractivity contribution in [2.24, 2.45) is 0 Å². The molecule has 110 valence electrons. The van der Waals surface area contributed by atoms with Crippen LogP contribution in [0, 0.1) is 6.92 Å². The third-order valence-electron chi connectivity index (χ3n) is 3.82. The number of rotatable bonds is 2. The first-order valence-corrected chi connectivity index (χ1v) is 7.22. The average Bonchev–Trinajstić information content (AvgIpc) is 3.11. The summed E-state index contributed by atoms with van der Waals surface area (Å²) in [6, 6.07) is 9.58. The minimum absolute atomic E-state index is 0.174. The van der Waals surface area contributed by atoms with Gasteiger partial charge in [-0.3, -0.25) is 4.79 Å². The van der Waals surface area contributed by atoms with Gasteiger partial charge < -0.3 is 15.0 Å². The van der Waals surface area contributed by atoms with Gasteiger partial charge >= 0.3 is 0 Å². The van der Waals surface area contributed by atoms with Gasteiger partial charge in [0.2, 0.25) is 0 Å². The maximum absolute atomic E-state index is 12.5. The van der Waals surface area contributed by atoms with Crippen molar-refractivity contribution >= 4 is 22.6 Å². The number of anilines is 1. The molecule has 1 aliphatic rings. The Morgan fingerprint density at radius 1 is 1.36 bits per heavy atom. The Labute approximate surface area is 127 Å². The number of amides is 1. The molecule has 4 rings (SSSR count). The van der Waals surface area contributed by atoms with Crippen LogP contribution in [0.4, 0.5) is 5.69 Å². The van der Waals surface area contributed by atoms with Crippen LogP contribution < -0.4 is 10.1 Å². The summed E-state index contributed by atoms with van der Waals surface area (Å²) in [7, 11) is 0. The summed E-state index contributed by atoms with van der Waals surface area (Å²) in [6.45, 7) is 2.61. The van der Waals surface area contributed by atoms with E-state index in [1.54, 1.807) is 12.3 Å². The Hall–Kier alpha value is -2.82. The lowest BCUT2D eigenvalue weighted by Gasteiger charge is -2.08. The number of para-hydroxylation sites is 1. The molecule has 0 fully saturated rings. The molecule has 5 nitrogen and oxygen atoms in total. The number of aryl methyl sites for hydroxylation is 1. The van der Waals surface area contributed by atoms with Gasteiger partial charge in [0.25, 0.3) is 5.91 Å². The van der Waals surface area contributed by atoms with E-state index in [1.165, 1.54) is 0 Å². The fourth-order valence-electron chi connectivity index (χ4n) is 2.81. The number of nitrogens with zero attached hydrogens (tertiary/aromatic N) is 1. The van der Waals surface area contributed by atoms with E-state index in [0.29, 0.717) is 23.6 Å². The van der Waals surface area contributed by atoms with E-state index in [2.05, 4.69) is 15.3 Å². The van der Waals surface area contributed by atoms with Crippen LogP contribution in [0.3, 0.4) is 0 Å². The van der Waals surface area contributed by atoms with Crippen molar-refractivity contribution in [3.8, 4) is 5.75 Å². The molecule has 0 atom stereocenters. The van der Waals surface area contributed by atoms with E-state index < -0.39 is 0 Å². The third-order valence-corrected chi connectivity index (χ3v) is 3.82. The molecule has 2 aromatic heterocycles. The molecule has 0 bridgehead atoms. The highest BCUT2D eigenvalue weighted by Crippen LogP contribution is 2.30. The summed E-state index contributed by atoms with van der Waals surface area (Å²) in [4.78, 5) is 20.0. The van der Waals surface area contributed by atoms with Gasteiger partial charge in [-0.1, -0.05) is 12.1 Å². The Morgan fingerprint density at radius 3 is 3.18 bits per heavy atom. The topological polar surface area (TPSA) is 67.0 Å². The van der Waals surface area contributed by atoms with E-state index in [4.69, 9.17) is 4.74 Å². The Morgan fingerprint density at radius 2 is 2.27 bits per heavy atom. The van der Waals surface area contributed by atoms with Gasteiger partial charge in [-0.05, 0) is 30.7 Å². The summed E-state index contributed by atoms with van der Waals surface area (Å²) in [5, 5.41) is 3.87. The first-order chi connectivity index (χ1) is 10.7. The van der Waals surface area contributed by atoms with Crippen molar-refractivity contribution < 1.29 is 9.53 Å². The lowest BCUT2D eigenvalue weighted by molar-refractivity contribution is 0.102. The van der Waals surface area contributed by atoms with E-state index in [0.717, 1.165) is 28.7 Å². The van der Waals surface area contributed by atoms with Crippen molar-refractivity contribution in [1.82, 2.24) is 9.97 Å². The monoisotopic (exact) mass is 293 g/mol. The molecule has 0 aliphatic carbocycles. The summed E-state index contributed by atoms with van der Waals surface area (Å²) >= 11 is 0. The van der Waals surface area contributed by atoms with Gasteiger partial charge in [0, 0.05) is 17.5 Å². The molecule has 0 unspecified atom stereocenters. The molecule has 1 aromatic carbocycles. The van der Waals surface area contributed by atoms with Crippen molar-refractivity contribution in [3.63, 3.8) is 0 Å². The second-order valence-corrected chi connectivity index (χ2v) is 5.46. The standard InChI is InChI=1S/C17H15N3O2/c1-10-7-12-8-13(9-18-16(12)19-10)20-17(21)14-4-2-3-11-5-6-22-15(11)14/h2-4,7-9H,5-6H2,1H3,(H,18,19)(H,20,21). The number of hydrogen-bond donors (Lipinski definition) is 2. The van der Waals surface area contributed by atoms with Crippen LogP contribution in [0.2, 0.25) is 0 Å². The number of aromatic nitrogens is 2. The molecule has 5 heteroatoms. The lowest BCUT2D eigenvalue weighted by atomic mass is 10.1. The third kappa shape index (κ3) is 2.11. The van der Waals surface area contributed by atoms with E-state index >= 15 is 0 Å². The zero-order valence-electron chi connectivity index (χ0n) is 12.1. The van der Waals surface area contributed by atoms with Crippen LogP contribution in [0.1, 0.15) is 21.6 Å². The number of nitrogens with one attached hydrogen (secondary N) is 2. The van der Waals surface area contributed by atoms with E-state index in [1.807, 2.05) is 31.2 Å². The normalized spacial score (nSPS) is 13.0. The first-order valence-electron chi connectivity index (χ1n) is 7.22. The molecule has 3 aromatic rings. The number of carbonyl (C=O) groups is 1. The van der Waals surface area contributed by atoms with Gasteiger partial charge in [0.05, 0.1) is 24.1 Å². The van der Waals surface area contributed by atoms with Crippen molar-refractivity contribution in [2.45, 2.75) is 13.3 Å². The zero-order valence-corrected chi connectivity index (χ0v) is 12.1. The number of pyridine rings is 1. The predicted molar refractivity (Wildman–Crippen MR) is 84.4 cm³/mol. The maximum atomic E-state index is 12.5. The minimum atomic E-state index is -0.174. The molecule has 1 amide bonds. The van der Waals surface area contributed by atoms with Crippen LogP contribution in [0.25, 0.3) is 11.0 Å². The van der Waals surface area contributed by atoms with Crippen LogP contribution in [0.5, 0.6) is 5.75 Å². The number of H-pyrrole nitrogens is 1.